The first-order chi connectivity index (χ1) is 9.60. The Bertz CT molecular complexity index is 546. The third kappa shape index (κ3) is 4.14. The number of aromatic nitrogens is 1. The molecule has 2 nitrogen and oxygen atoms in total. The SMILES string of the molecule is CCCNC(Cc1cncc(Br)c1)c1cc(C)c(C)s1. The Labute approximate surface area is 133 Å². The monoisotopic (exact) mass is 352 g/mol. The van der Waals surface area contributed by atoms with E-state index in [4.69, 9.17) is 0 Å². The fourth-order valence-electron chi connectivity index (χ4n) is 2.17. The zero-order valence-corrected chi connectivity index (χ0v) is 14.6. The van der Waals surface area contributed by atoms with Gasteiger partial charge in [-0.2, -0.15) is 0 Å². The molecule has 2 aromatic heterocycles. The average molecular weight is 353 g/mol. The summed E-state index contributed by atoms with van der Waals surface area (Å²) in [6.07, 6.45) is 5.92. The fourth-order valence-corrected chi connectivity index (χ4v) is 3.70. The molecule has 0 aliphatic carbocycles. The highest BCUT2D eigenvalue weighted by Gasteiger charge is 2.15. The predicted octanol–water partition coefficient (Wildman–Crippen LogP) is 4.81. The summed E-state index contributed by atoms with van der Waals surface area (Å²) in [7, 11) is 0. The number of hydrogen-bond donors (Lipinski definition) is 1. The Hall–Kier alpha value is -0.710. The number of thiophene rings is 1. The quantitative estimate of drug-likeness (QED) is 0.806. The van der Waals surface area contributed by atoms with Crippen LogP contribution in [-0.4, -0.2) is 11.5 Å². The lowest BCUT2D eigenvalue weighted by Crippen LogP contribution is -2.23. The molecule has 1 N–H and O–H groups in total. The van der Waals surface area contributed by atoms with Gasteiger partial charge in [0.25, 0.3) is 0 Å². The van der Waals surface area contributed by atoms with Crippen LogP contribution in [0.15, 0.2) is 29.0 Å². The van der Waals surface area contributed by atoms with Gasteiger partial charge in [-0.05, 0) is 72.4 Å². The van der Waals surface area contributed by atoms with Gasteiger partial charge in [-0.15, -0.1) is 11.3 Å². The van der Waals surface area contributed by atoms with Gasteiger partial charge in [-0.3, -0.25) is 4.98 Å². The average Bonchev–Trinajstić information content (AvgIpc) is 2.74. The fraction of sp³-hybridized carbons (Fsp3) is 0.438. The van der Waals surface area contributed by atoms with Crippen LogP contribution < -0.4 is 5.32 Å². The Kier molecular flexibility index (Phi) is 5.75. The van der Waals surface area contributed by atoms with Crippen molar-refractivity contribution in [3.8, 4) is 0 Å². The predicted molar refractivity (Wildman–Crippen MR) is 90.5 cm³/mol. The topological polar surface area (TPSA) is 24.9 Å². The van der Waals surface area contributed by atoms with Gasteiger partial charge in [0.05, 0.1) is 0 Å². The molecule has 0 fully saturated rings. The third-order valence-electron chi connectivity index (χ3n) is 3.37. The molecule has 0 aliphatic heterocycles. The highest BCUT2D eigenvalue weighted by molar-refractivity contribution is 9.10. The summed E-state index contributed by atoms with van der Waals surface area (Å²) in [6, 6.07) is 4.85. The lowest BCUT2D eigenvalue weighted by molar-refractivity contribution is 0.536. The van der Waals surface area contributed by atoms with Gasteiger partial charge < -0.3 is 5.32 Å². The summed E-state index contributed by atoms with van der Waals surface area (Å²) in [6.45, 7) is 7.63. The summed E-state index contributed by atoms with van der Waals surface area (Å²) in [5.74, 6) is 0. The molecule has 0 aliphatic rings. The summed E-state index contributed by atoms with van der Waals surface area (Å²) < 4.78 is 1.04. The van der Waals surface area contributed by atoms with Crippen molar-refractivity contribution in [3.05, 3.63) is 49.9 Å². The molecule has 0 amide bonds. The van der Waals surface area contributed by atoms with E-state index in [2.05, 4.69) is 59.1 Å². The van der Waals surface area contributed by atoms with Crippen molar-refractivity contribution in [2.24, 2.45) is 0 Å². The molecule has 0 radical (unpaired) electrons. The molecule has 20 heavy (non-hydrogen) atoms. The number of nitrogens with one attached hydrogen (secondary N) is 1. The Balaban J connectivity index is 2.19. The van der Waals surface area contributed by atoms with Gasteiger partial charge in [0, 0.05) is 32.7 Å². The molecule has 108 valence electrons. The van der Waals surface area contributed by atoms with E-state index in [9.17, 15) is 0 Å². The highest BCUT2D eigenvalue weighted by atomic mass is 79.9. The van der Waals surface area contributed by atoms with E-state index in [0.29, 0.717) is 6.04 Å². The van der Waals surface area contributed by atoms with Crippen molar-refractivity contribution in [1.29, 1.82) is 0 Å². The van der Waals surface area contributed by atoms with Crippen molar-refractivity contribution in [2.75, 3.05) is 6.54 Å². The van der Waals surface area contributed by atoms with Gasteiger partial charge in [0.1, 0.15) is 0 Å². The largest absolute Gasteiger partial charge is 0.309 e. The number of pyridine rings is 1. The van der Waals surface area contributed by atoms with Crippen molar-refractivity contribution in [3.63, 3.8) is 0 Å². The molecule has 2 aromatic rings. The van der Waals surface area contributed by atoms with Gasteiger partial charge in [0.2, 0.25) is 0 Å². The molecule has 2 heterocycles. The van der Waals surface area contributed by atoms with E-state index in [1.165, 1.54) is 20.9 Å². The van der Waals surface area contributed by atoms with E-state index in [-0.39, 0.29) is 0 Å². The minimum atomic E-state index is 0.378. The van der Waals surface area contributed by atoms with Crippen LogP contribution in [-0.2, 0) is 6.42 Å². The number of hydrogen-bond acceptors (Lipinski definition) is 3. The van der Waals surface area contributed by atoms with E-state index >= 15 is 0 Å². The van der Waals surface area contributed by atoms with Crippen molar-refractivity contribution < 1.29 is 0 Å². The minimum Gasteiger partial charge on any atom is -0.309 e. The molecule has 0 spiro atoms. The zero-order valence-electron chi connectivity index (χ0n) is 12.2. The van der Waals surface area contributed by atoms with Gasteiger partial charge in [-0.25, -0.2) is 0 Å². The standard InChI is InChI=1S/C16H21BrN2S/c1-4-5-19-15(16-6-11(2)12(3)20-16)8-13-7-14(17)10-18-9-13/h6-7,9-10,15,19H,4-5,8H2,1-3H3. The lowest BCUT2D eigenvalue weighted by Gasteiger charge is -2.17. The van der Waals surface area contributed by atoms with E-state index in [0.717, 1.165) is 23.9 Å². The van der Waals surface area contributed by atoms with Crippen LogP contribution in [0, 0.1) is 13.8 Å². The van der Waals surface area contributed by atoms with Gasteiger partial charge in [0.15, 0.2) is 0 Å². The number of nitrogens with zero attached hydrogens (tertiary/aromatic N) is 1. The molecule has 4 heteroatoms. The molecule has 2 rings (SSSR count). The lowest BCUT2D eigenvalue weighted by atomic mass is 10.1. The highest BCUT2D eigenvalue weighted by Crippen LogP contribution is 2.29. The molecular formula is C16H21BrN2S. The Morgan fingerprint density at radius 2 is 2.10 bits per heavy atom. The second-order valence-corrected chi connectivity index (χ2v) is 7.31. The summed E-state index contributed by atoms with van der Waals surface area (Å²) >= 11 is 5.40. The van der Waals surface area contributed by atoms with Crippen LogP contribution in [0.3, 0.4) is 0 Å². The van der Waals surface area contributed by atoms with E-state index in [1.54, 1.807) is 0 Å². The van der Waals surface area contributed by atoms with Crippen LogP contribution in [0.25, 0.3) is 0 Å². The first-order valence-electron chi connectivity index (χ1n) is 7.00. The normalized spacial score (nSPS) is 12.6. The van der Waals surface area contributed by atoms with Crippen LogP contribution in [0.5, 0.6) is 0 Å². The van der Waals surface area contributed by atoms with Gasteiger partial charge in [-0.1, -0.05) is 6.92 Å². The van der Waals surface area contributed by atoms with Crippen molar-refractivity contribution in [2.45, 2.75) is 39.7 Å². The number of halogens is 1. The van der Waals surface area contributed by atoms with Crippen LogP contribution in [0.4, 0.5) is 0 Å². The molecular weight excluding hydrogens is 332 g/mol. The van der Waals surface area contributed by atoms with Crippen LogP contribution >= 0.6 is 27.3 Å². The second-order valence-electron chi connectivity index (χ2n) is 5.11. The third-order valence-corrected chi connectivity index (χ3v) is 5.07. The van der Waals surface area contributed by atoms with Crippen molar-refractivity contribution >= 4 is 27.3 Å². The molecule has 0 bridgehead atoms. The first-order valence-corrected chi connectivity index (χ1v) is 8.60. The molecule has 1 unspecified atom stereocenters. The van der Waals surface area contributed by atoms with Gasteiger partial charge >= 0.3 is 0 Å². The van der Waals surface area contributed by atoms with E-state index in [1.807, 2.05) is 23.7 Å². The summed E-state index contributed by atoms with van der Waals surface area (Å²) in [5.41, 5.74) is 2.65. The Morgan fingerprint density at radius 3 is 2.70 bits per heavy atom. The maximum Gasteiger partial charge on any atom is 0.0456 e. The first kappa shape index (κ1) is 15.7. The maximum absolute atomic E-state index is 4.26. The zero-order chi connectivity index (χ0) is 14.5. The van der Waals surface area contributed by atoms with Crippen LogP contribution in [0.1, 0.15) is 40.3 Å². The molecule has 0 saturated carbocycles. The number of rotatable bonds is 6. The second kappa shape index (κ2) is 7.34. The van der Waals surface area contributed by atoms with Crippen LogP contribution in [0.2, 0.25) is 0 Å². The smallest absolute Gasteiger partial charge is 0.0456 e. The Morgan fingerprint density at radius 1 is 1.30 bits per heavy atom. The summed E-state index contributed by atoms with van der Waals surface area (Å²) in [5, 5.41) is 3.66. The summed E-state index contributed by atoms with van der Waals surface area (Å²) in [4.78, 5) is 7.10. The maximum atomic E-state index is 4.26. The molecule has 1 atom stereocenters. The minimum absolute atomic E-state index is 0.378. The molecule has 0 aromatic carbocycles. The van der Waals surface area contributed by atoms with E-state index < -0.39 is 0 Å². The number of aryl methyl sites for hydroxylation is 2. The van der Waals surface area contributed by atoms with Crippen molar-refractivity contribution in [1.82, 2.24) is 10.3 Å². The molecule has 0 saturated heterocycles.